The van der Waals surface area contributed by atoms with Crippen LogP contribution in [0.1, 0.15) is 35.2 Å². The monoisotopic (exact) mass is 362 g/mol. The molecule has 6 nitrogen and oxygen atoms in total. The number of hydrogen-bond acceptors (Lipinski definition) is 3. The fourth-order valence-electron chi connectivity index (χ4n) is 3.94. The fraction of sp³-hybridized carbons (Fsp3) is 0.286. The molecule has 2 aromatic heterocycles. The van der Waals surface area contributed by atoms with Gasteiger partial charge in [-0.25, -0.2) is 4.98 Å². The zero-order valence-corrected chi connectivity index (χ0v) is 15.2. The van der Waals surface area contributed by atoms with Gasteiger partial charge in [-0.2, -0.15) is 0 Å². The van der Waals surface area contributed by atoms with E-state index in [4.69, 9.17) is 0 Å². The van der Waals surface area contributed by atoms with E-state index in [1.54, 1.807) is 12.5 Å². The van der Waals surface area contributed by atoms with E-state index in [1.807, 2.05) is 45.8 Å². The highest BCUT2D eigenvalue weighted by atomic mass is 16.2. The molecule has 0 bridgehead atoms. The van der Waals surface area contributed by atoms with Gasteiger partial charge in [0.05, 0.1) is 29.6 Å². The van der Waals surface area contributed by atoms with Crippen LogP contribution in [0.3, 0.4) is 0 Å². The molecule has 27 heavy (non-hydrogen) atoms. The maximum Gasteiger partial charge on any atom is 0.256 e. The lowest BCUT2D eigenvalue weighted by Gasteiger charge is -2.39. The Morgan fingerprint density at radius 1 is 1.15 bits per heavy atom. The SMILES string of the molecule is CC(=O)N[C@@H]1CN(C(=O)c2cccn3cncc23)CC[C@H]1c1ccccc1. The van der Waals surface area contributed by atoms with Gasteiger partial charge in [-0.15, -0.1) is 0 Å². The Labute approximate surface area is 157 Å². The summed E-state index contributed by atoms with van der Waals surface area (Å²) in [6, 6.07) is 13.8. The van der Waals surface area contributed by atoms with Crippen molar-refractivity contribution in [1.29, 1.82) is 0 Å². The molecule has 2 atom stereocenters. The second-order valence-corrected chi connectivity index (χ2v) is 6.97. The summed E-state index contributed by atoms with van der Waals surface area (Å²) in [5, 5.41) is 3.05. The Morgan fingerprint density at radius 3 is 2.74 bits per heavy atom. The van der Waals surface area contributed by atoms with Gasteiger partial charge >= 0.3 is 0 Å². The number of likely N-dealkylation sites (tertiary alicyclic amines) is 1. The summed E-state index contributed by atoms with van der Waals surface area (Å²) in [6.07, 6.45) is 6.08. The van der Waals surface area contributed by atoms with Gasteiger partial charge in [-0.1, -0.05) is 30.3 Å². The number of nitrogens with one attached hydrogen (secondary N) is 1. The molecule has 0 spiro atoms. The first-order valence-electron chi connectivity index (χ1n) is 9.15. The normalized spacial score (nSPS) is 19.8. The van der Waals surface area contributed by atoms with Crippen molar-refractivity contribution in [3.63, 3.8) is 0 Å². The lowest BCUT2D eigenvalue weighted by atomic mass is 9.85. The van der Waals surface area contributed by atoms with Gasteiger partial charge in [-0.3, -0.25) is 9.59 Å². The van der Waals surface area contributed by atoms with Gasteiger partial charge in [0.25, 0.3) is 5.91 Å². The van der Waals surface area contributed by atoms with Gasteiger partial charge in [0, 0.05) is 32.1 Å². The molecule has 4 rings (SSSR count). The minimum atomic E-state index is -0.104. The number of nitrogens with zero attached hydrogens (tertiary/aromatic N) is 3. The third-order valence-electron chi connectivity index (χ3n) is 5.20. The van der Waals surface area contributed by atoms with Crippen LogP contribution in [0.5, 0.6) is 0 Å². The molecule has 3 heterocycles. The lowest BCUT2D eigenvalue weighted by Crippen LogP contribution is -2.52. The largest absolute Gasteiger partial charge is 0.351 e. The quantitative estimate of drug-likeness (QED) is 0.778. The van der Waals surface area contributed by atoms with Crippen molar-refractivity contribution in [3.05, 3.63) is 72.3 Å². The van der Waals surface area contributed by atoms with Crippen LogP contribution in [0.15, 0.2) is 61.2 Å². The van der Waals surface area contributed by atoms with Crippen LogP contribution in [0.25, 0.3) is 5.52 Å². The van der Waals surface area contributed by atoms with Crippen LogP contribution >= 0.6 is 0 Å². The number of imidazole rings is 1. The molecular weight excluding hydrogens is 340 g/mol. The molecule has 138 valence electrons. The smallest absolute Gasteiger partial charge is 0.256 e. The summed E-state index contributed by atoms with van der Waals surface area (Å²) in [7, 11) is 0. The van der Waals surface area contributed by atoms with Crippen LogP contribution in [-0.2, 0) is 4.79 Å². The summed E-state index contributed by atoms with van der Waals surface area (Å²) < 4.78 is 1.84. The molecule has 1 aliphatic heterocycles. The molecule has 1 saturated heterocycles. The number of pyridine rings is 1. The van der Waals surface area contributed by atoms with E-state index in [1.165, 1.54) is 12.5 Å². The number of amides is 2. The molecule has 0 radical (unpaired) electrons. The van der Waals surface area contributed by atoms with E-state index in [-0.39, 0.29) is 23.8 Å². The Bertz CT molecular complexity index is 966. The Hall–Kier alpha value is -3.15. The second-order valence-electron chi connectivity index (χ2n) is 6.97. The predicted molar refractivity (Wildman–Crippen MR) is 103 cm³/mol. The number of hydrogen-bond donors (Lipinski definition) is 1. The maximum atomic E-state index is 13.2. The van der Waals surface area contributed by atoms with Crippen molar-refractivity contribution in [2.24, 2.45) is 0 Å². The summed E-state index contributed by atoms with van der Waals surface area (Å²) in [5.41, 5.74) is 2.62. The minimum Gasteiger partial charge on any atom is -0.351 e. The average molecular weight is 362 g/mol. The number of carbonyl (C=O) groups is 2. The van der Waals surface area contributed by atoms with Crippen molar-refractivity contribution in [3.8, 4) is 0 Å². The van der Waals surface area contributed by atoms with Crippen LogP contribution in [0.4, 0.5) is 0 Å². The summed E-state index contributed by atoms with van der Waals surface area (Å²) in [5.74, 6) is 0.0981. The van der Waals surface area contributed by atoms with Crippen molar-refractivity contribution in [2.75, 3.05) is 13.1 Å². The van der Waals surface area contributed by atoms with E-state index in [2.05, 4.69) is 22.4 Å². The molecule has 1 fully saturated rings. The Kier molecular flexibility index (Phi) is 4.62. The third kappa shape index (κ3) is 3.43. The topological polar surface area (TPSA) is 66.7 Å². The number of rotatable bonds is 3. The average Bonchev–Trinajstić information content (AvgIpc) is 3.16. The second kappa shape index (κ2) is 7.23. The maximum absolute atomic E-state index is 13.2. The number of carbonyl (C=O) groups excluding carboxylic acids is 2. The molecule has 1 N–H and O–H groups in total. The van der Waals surface area contributed by atoms with E-state index in [0.29, 0.717) is 18.7 Å². The van der Waals surface area contributed by atoms with Crippen LogP contribution in [-0.4, -0.2) is 45.2 Å². The van der Waals surface area contributed by atoms with Crippen LogP contribution in [0, 0.1) is 0 Å². The first kappa shape index (κ1) is 17.3. The van der Waals surface area contributed by atoms with E-state index < -0.39 is 0 Å². The highest BCUT2D eigenvalue weighted by molar-refractivity contribution is 6.00. The Balaban J connectivity index is 1.59. The van der Waals surface area contributed by atoms with E-state index in [9.17, 15) is 9.59 Å². The molecule has 3 aromatic rings. The van der Waals surface area contributed by atoms with Gasteiger partial charge in [-0.05, 0) is 24.1 Å². The van der Waals surface area contributed by atoms with Crippen LogP contribution in [0.2, 0.25) is 0 Å². The fourth-order valence-corrected chi connectivity index (χ4v) is 3.94. The third-order valence-corrected chi connectivity index (χ3v) is 5.20. The predicted octanol–water partition coefficient (Wildman–Crippen LogP) is 2.47. The zero-order chi connectivity index (χ0) is 18.8. The highest BCUT2D eigenvalue weighted by Crippen LogP contribution is 2.29. The minimum absolute atomic E-state index is 0.0250. The number of piperidine rings is 1. The highest BCUT2D eigenvalue weighted by Gasteiger charge is 2.33. The van der Waals surface area contributed by atoms with Crippen molar-refractivity contribution >= 4 is 17.3 Å². The Morgan fingerprint density at radius 2 is 1.96 bits per heavy atom. The molecular formula is C21H22N4O2. The molecule has 1 aromatic carbocycles. The lowest BCUT2D eigenvalue weighted by molar-refractivity contribution is -0.120. The molecule has 0 saturated carbocycles. The number of fused-ring (bicyclic) bond motifs is 1. The standard InChI is InChI=1S/C21H22N4O2/c1-15(26)23-19-13-24(11-9-17(19)16-6-3-2-4-7-16)21(27)18-8-5-10-25-14-22-12-20(18)25/h2-8,10,12,14,17,19H,9,11,13H2,1H3,(H,23,26)/t17-,19+/m0/s1. The van der Waals surface area contributed by atoms with Crippen molar-refractivity contribution in [2.45, 2.75) is 25.3 Å². The first-order chi connectivity index (χ1) is 13.1. The van der Waals surface area contributed by atoms with Gasteiger partial charge in [0.1, 0.15) is 0 Å². The van der Waals surface area contributed by atoms with E-state index in [0.717, 1.165) is 11.9 Å². The molecule has 1 aliphatic rings. The summed E-state index contributed by atoms with van der Waals surface area (Å²) in [6.45, 7) is 2.67. The van der Waals surface area contributed by atoms with Gasteiger partial charge < -0.3 is 14.6 Å². The first-order valence-corrected chi connectivity index (χ1v) is 9.15. The zero-order valence-electron chi connectivity index (χ0n) is 15.2. The molecule has 0 unspecified atom stereocenters. The summed E-state index contributed by atoms with van der Waals surface area (Å²) in [4.78, 5) is 30.9. The molecule has 0 aliphatic carbocycles. The molecule has 6 heteroatoms. The summed E-state index contributed by atoms with van der Waals surface area (Å²) >= 11 is 0. The van der Waals surface area contributed by atoms with E-state index >= 15 is 0 Å². The van der Waals surface area contributed by atoms with Crippen molar-refractivity contribution in [1.82, 2.24) is 19.6 Å². The number of benzene rings is 1. The molecule has 2 amide bonds. The van der Waals surface area contributed by atoms with Gasteiger partial charge in [0.2, 0.25) is 5.91 Å². The number of aromatic nitrogens is 2. The van der Waals surface area contributed by atoms with Gasteiger partial charge in [0.15, 0.2) is 0 Å². The van der Waals surface area contributed by atoms with Crippen molar-refractivity contribution < 1.29 is 9.59 Å². The van der Waals surface area contributed by atoms with Crippen LogP contribution < -0.4 is 5.32 Å².